The van der Waals surface area contributed by atoms with E-state index in [4.69, 9.17) is 0 Å². The van der Waals surface area contributed by atoms with Gasteiger partial charge in [-0.05, 0) is 115 Å². The van der Waals surface area contributed by atoms with Crippen molar-refractivity contribution in [2.45, 2.75) is 126 Å². The predicted molar refractivity (Wildman–Crippen MR) is 131 cm³/mol. The van der Waals surface area contributed by atoms with Gasteiger partial charge in [-0.1, -0.05) is 66.5 Å². The van der Waals surface area contributed by atoms with E-state index in [2.05, 4.69) is 55.4 Å². The van der Waals surface area contributed by atoms with E-state index in [1.807, 2.05) is 11.1 Å². The van der Waals surface area contributed by atoms with E-state index in [-0.39, 0.29) is 11.5 Å². The van der Waals surface area contributed by atoms with Crippen LogP contribution >= 0.6 is 0 Å². The van der Waals surface area contributed by atoms with Crippen molar-refractivity contribution in [3.05, 3.63) is 11.1 Å². The monoisotopic (exact) mass is 426 g/mol. The minimum atomic E-state index is -0.118. The van der Waals surface area contributed by atoms with Crippen molar-refractivity contribution in [3.63, 3.8) is 0 Å². The molecule has 8 atom stereocenters. The summed E-state index contributed by atoms with van der Waals surface area (Å²) in [6.07, 6.45) is 13.2. The molecule has 31 heavy (non-hydrogen) atoms. The summed E-state index contributed by atoms with van der Waals surface area (Å²) in [6.45, 7) is 20.4. The van der Waals surface area contributed by atoms with Crippen LogP contribution in [0.3, 0.4) is 0 Å². The van der Waals surface area contributed by atoms with E-state index in [0.29, 0.717) is 27.6 Å². The Morgan fingerprint density at radius 1 is 0.774 bits per heavy atom. The van der Waals surface area contributed by atoms with E-state index in [1.165, 1.54) is 57.8 Å². The Hall–Kier alpha value is -0.300. The van der Waals surface area contributed by atoms with E-state index < -0.39 is 0 Å². The molecule has 0 spiro atoms. The lowest BCUT2D eigenvalue weighted by molar-refractivity contribution is -0.203. The molecule has 0 unspecified atom stereocenters. The number of allylic oxidation sites excluding steroid dienone is 2. The molecule has 4 fully saturated rings. The number of fused-ring (bicyclic) bond motifs is 6. The first kappa shape index (κ1) is 22.5. The van der Waals surface area contributed by atoms with Crippen LogP contribution in [0.15, 0.2) is 11.1 Å². The molecule has 0 bridgehead atoms. The molecule has 0 aromatic heterocycles. The van der Waals surface area contributed by atoms with Crippen LogP contribution in [0.4, 0.5) is 0 Å². The summed E-state index contributed by atoms with van der Waals surface area (Å²) in [5.41, 5.74) is 5.64. The Bertz CT molecular complexity index is 790. The molecule has 1 heteroatoms. The Labute approximate surface area is 192 Å². The molecule has 1 N–H and O–H groups in total. The minimum Gasteiger partial charge on any atom is -0.393 e. The zero-order chi connectivity index (χ0) is 22.6. The predicted octanol–water partition coefficient (Wildman–Crippen LogP) is 8.17. The maximum absolute atomic E-state index is 10.9. The van der Waals surface area contributed by atoms with Crippen LogP contribution in [0.1, 0.15) is 120 Å². The lowest BCUT2D eigenvalue weighted by Crippen LogP contribution is -2.63. The Balaban J connectivity index is 1.61. The SMILES string of the molecule is CC(C)[C@@H]1CC[C@]2(C)CC[C@]3(C)C(=C12)CC[C@@H]1[C@@]2(C)CC[C@H](O)C(C)(C)[C@@H]2CC[C@]13C. The van der Waals surface area contributed by atoms with Gasteiger partial charge in [0.15, 0.2) is 0 Å². The van der Waals surface area contributed by atoms with Crippen molar-refractivity contribution in [1.82, 2.24) is 0 Å². The minimum absolute atomic E-state index is 0.0628. The molecule has 0 saturated heterocycles. The maximum Gasteiger partial charge on any atom is 0.0594 e. The molecule has 176 valence electrons. The van der Waals surface area contributed by atoms with Crippen molar-refractivity contribution in [2.24, 2.45) is 50.7 Å². The third-order valence-corrected chi connectivity index (χ3v) is 13.0. The summed E-state index contributed by atoms with van der Waals surface area (Å²) < 4.78 is 0. The molecule has 5 aliphatic carbocycles. The van der Waals surface area contributed by atoms with E-state index in [1.54, 1.807) is 0 Å². The van der Waals surface area contributed by atoms with Gasteiger partial charge in [-0.2, -0.15) is 0 Å². The Morgan fingerprint density at radius 2 is 1.48 bits per heavy atom. The highest BCUT2D eigenvalue weighted by Crippen LogP contribution is 2.75. The molecule has 0 aromatic carbocycles. The summed E-state index contributed by atoms with van der Waals surface area (Å²) in [6, 6.07) is 0. The topological polar surface area (TPSA) is 20.2 Å². The van der Waals surface area contributed by atoms with Gasteiger partial charge in [0.25, 0.3) is 0 Å². The summed E-state index contributed by atoms with van der Waals surface area (Å²) >= 11 is 0. The molecule has 1 nitrogen and oxygen atoms in total. The standard InChI is InChI=1S/C30H50O/c1-19(2)20-11-14-27(5)17-18-29(7)21(25(20)27)9-10-23-28(6)15-13-24(31)26(3,4)22(28)12-16-30(23,29)8/h19-20,22-24,31H,9-18H2,1-8H3/t20-,22-,23+,24-,27+,28-,29+,30+/m0/s1. The Kier molecular flexibility index (Phi) is 4.82. The molecule has 4 saturated carbocycles. The highest BCUT2D eigenvalue weighted by Gasteiger charge is 2.67. The third kappa shape index (κ3) is 2.65. The van der Waals surface area contributed by atoms with Crippen molar-refractivity contribution >= 4 is 0 Å². The second kappa shape index (κ2) is 6.64. The molecule has 0 heterocycles. The van der Waals surface area contributed by atoms with Crippen LogP contribution in [-0.4, -0.2) is 11.2 Å². The van der Waals surface area contributed by atoms with Crippen LogP contribution in [0.2, 0.25) is 0 Å². The Morgan fingerprint density at radius 3 is 2.16 bits per heavy atom. The fourth-order valence-electron chi connectivity index (χ4n) is 10.9. The second-order valence-electron chi connectivity index (χ2n) is 14.7. The van der Waals surface area contributed by atoms with Gasteiger partial charge in [0.2, 0.25) is 0 Å². The van der Waals surface area contributed by atoms with Crippen LogP contribution in [0, 0.1) is 50.7 Å². The first-order valence-electron chi connectivity index (χ1n) is 13.7. The van der Waals surface area contributed by atoms with Crippen molar-refractivity contribution in [3.8, 4) is 0 Å². The second-order valence-corrected chi connectivity index (χ2v) is 14.7. The number of rotatable bonds is 1. The smallest absolute Gasteiger partial charge is 0.0594 e. The van der Waals surface area contributed by atoms with Crippen LogP contribution in [0.25, 0.3) is 0 Å². The highest BCUT2D eigenvalue weighted by molar-refractivity contribution is 5.39. The zero-order valence-corrected chi connectivity index (χ0v) is 21.9. The number of hydrogen-bond donors (Lipinski definition) is 1. The number of aliphatic hydroxyl groups excluding tert-OH is 1. The van der Waals surface area contributed by atoms with Crippen molar-refractivity contribution in [1.29, 1.82) is 0 Å². The highest BCUT2D eigenvalue weighted by atomic mass is 16.3. The lowest BCUT2D eigenvalue weighted by atomic mass is 9.34. The summed E-state index contributed by atoms with van der Waals surface area (Å²) in [5, 5.41) is 10.9. The molecule has 0 amide bonds. The largest absolute Gasteiger partial charge is 0.393 e. The number of aliphatic hydroxyl groups is 1. The maximum atomic E-state index is 10.9. The van der Waals surface area contributed by atoms with Crippen molar-refractivity contribution < 1.29 is 5.11 Å². The lowest BCUT2D eigenvalue weighted by Gasteiger charge is -2.70. The van der Waals surface area contributed by atoms with Crippen LogP contribution in [-0.2, 0) is 0 Å². The first-order valence-corrected chi connectivity index (χ1v) is 13.7. The first-order chi connectivity index (χ1) is 14.3. The fraction of sp³-hybridized carbons (Fsp3) is 0.933. The summed E-state index contributed by atoms with van der Waals surface area (Å²) in [7, 11) is 0. The fourth-order valence-corrected chi connectivity index (χ4v) is 10.9. The van der Waals surface area contributed by atoms with Gasteiger partial charge in [0, 0.05) is 0 Å². The van der Waals surface area contributed by atoms with Gasteiger partial charge in [-0.15, -0.1) is 0 Å². The van der Waals surface area contributed by atoms with E-state index in [9.17, 15) is 5.11 Å². The summed E-state index contributed by atoms with van der Waals surface area (Å²) in [5.74, 6) is 3.09. The average Bonchev–Trinajstić information content (AvgIpc) is 3.04. The van der Waals surface area contributed by atoms with Gasteiger partial charge >= 0.3 is 0 Å². The van der Waals surface area contributed by atoms with Crippen LogP contribution < -0.4 is 0 Å². The number of hydrogen-bond acceptors (Lipinski definition) is 1. The van der Waals surface area contributed by atoms with Gasteiger partial charge in [-0.25, -0.2) is 0 Å². The quantitative estimate of drug-likeness (QED) is 0.419. The van der Waals surface area contributed by atoms with Crippen molar-refractivity contribution in [2.75, 3.05) is 0 Å². The third-order valence-electron chi connectivity index (χ3n) is 13.0. The molecular formula is C30H50O. The molecular weight excluding hydrogens is 376 g/mol. The van der Waals surface area contributed by atoms with E-state index >= 15 is 0 Å². The zero-order valence-electron chi connectivity index (χ0n) is 21.9. The molecule has 0 radical (unpaired) electrons. The molecule has 0 aliphatic heterocycles. The molecule has 5 aliphatic rings. The van der Waals surface area contributed by atoms with Gasteiger partial charge in [-0.3, -0.25) is 0 Å². The van der Waals surface area contributed by atoms with Gasteiger partial charge in [0.05, 0.1) is 6.10 Å². The van der Waals surface area contributed by atoms with Crippen LogP contribution in [0.5, 0.6) is 0 Å². The van der Waals surface area contributed by atoms with Gasteiger partial charge < -0.3 is 5.11 Å². The van der Waals surface area contributed by atoms with Gasteiger partial charge in [0.1, 0.15) is 0 Å². The molecule has 5 rings (SSSR count). The normalized spacial score (nSPS) is 53.6. The molecule has 0 aromatic rings. The summed E-state index contributed by atoms with van der Waals surface area (Å²) in [4.78, 5) is 0. The van der Waals surface area contributed by atoms with E-state index in [0.717, 1.165) is 24.2 Å². The average molecular weight is 427 g/mol.